The number of aliphatic hydroxyl groups excluding tert-OH is 1. The van der Waals surface area contributed by atoms with Crippen molar-refractivity contribution in [3.8, 4) is 0 Å². The summed E-state index contributed by atoms with van der Waals surface area (Å²) in [4.78, 5) is 24.9. The van der Waals surface area contributed by atoms with E-state index in [0.29, 0.717) is 19.5 Å². The number of hydrogen-bond acceptors (Lipinski definition) is 3. The van der Waals surface area contributed by atoms with Crippen LogP contribution in [0.3, 0.4) is 0 Å². The van der Waals surface area contributed by atoms with Gasteiger partial charge in [0.15, 0.2) is 0 Å². The van der Waals surface area contributed by atoms with Crippen molar-refractivity contribution in [1.82, 2.24) is 10.2 Å². The minimum Gasteiger partial charge on any atom is -0.481 e. The Morgan fingerprint density at radius 3 is 2.58 bits per heavy atom. The lowest BCUT2D eigenvalue weighted by molar-refractivity contribution is -0.143. The summed E-state index contributed by atoms with van der Waals surface area (Å²) in [5.41, 5.74) is 0. The molecular weight excluding hydrogens is 248 g/mol. The highest BCUT2D eigenvalue weighted by atomic mass is 16.4. The molecule has 0 aromatic carbocycles. The van der Waals surface area contributed by atoms with Crippen LogP contribution in [0.15, 0.2) is 0 Å². The van der Waals surface area contributed by atoms with E-state index in [0.717, 1.165) is 25.7 Å². The molecular formula is C13H22N2O4. The zero-order valence-electron chi connectivity index (χ0n) is 11.0. The lowest BCUT2D eigenvalue weighted by atomic mass is 9.84. The third-order valence-electron chi connectivity index (χ3n) is 4.22. The summed E-state index contributed by atoms with van der Waals surface area (Å²) in [5.74, 6) is -1.12. The predicted molar refractivity (Wildman–Crippen MR) is 68.7 cm³/mol. The van der Waals surface area contributed by atoms with Crippen LogP contribution >= 0.6 is 0 Å². The number of carbonyl (C=O) groups excluding carboxylic acids is 1. The minimum absolute atomic E-state index is 0.102. The van der Waals surface area contributed by atoms with Crippen molar-refractivity contribution >= 4 is 12.0 Å². The van der Waals surface area contributed by atoms with Crippen LogP contribution in [-0.4, -0.2) is 52.9 Å². The maximum atomic E-state index is 12.1. The van der Waals surface area contributed by atoms with Crippen molar-refractivity contribution in [3.63, 3.8) is 0 Å². The van der Waals surface area contributed by atoms with E-state index >= 15 is 0 Å². The number of rotatable bonds is 3. The van der Waals surface area contributed by atoms with Gasteiger partial charge < -0.3 is 20.4 Å². The van der Waals surface area contributed by atoms with Crippen molar-refractivity contribution in [1.29, 1.82) is 0 Å². The van der Waals surface area contributed by atoms with E-state index in [4.69, 9.17) is 10.2 Å². The Hall–Kier alpha value is -1.30. The fourth-order valence-corrected chi connectivity index (χ4v) is 3.02. The molecule has 1 saturated heterocycles. The van der Waals surface area contributed by atoms with Gasteiger partial charge in [0.1, 0.15) is 0 Å². The van der Waals surface area contributed by atoms with Gasteiger partial charge in [0.25, 0.3) is 0 Å². The molecule has 2 aliphatic rings. The van der Waals surface area contributed by atoms with E-state index in [1.54, 1.807) is 4.90 Å². The van der Waals surface area contributed by atoms with E-state index in [-0.39, 0.29) is 24.6 Å². The Morgan fingerprint density at radius 1 is 1.21 bits per heavy atom. The van der Waals surface area contributed by atoms with E-state index in [2.05, 4.69) is 5.32 Å². The fraction of sp³-hybridized carbons (Fsp3) is 0.846. The van der Waals surface area contributed by atoms with Gasteiger partial charge in [0.05, 0.1) is 5.92 Å². The lowest BCUT2D eigenvalue weighted by Crippen LogP contribution is -2.49. The maximum Gasteiger partial charge on any atom is 0.317 e. The highest BCUT2D eigenvalue weighted by Gasteiger charge is 2.34. The third-order valence-corrected chi connectivity index (χ3v) is 4.22. The van der Waals surface area contributed by atoms with Gasteiger partial charge in [0, 0.05) is 31.7 Å². The number of likely N-dealkylation sites (tertiary alicyclic amines) is 1. The summed E-state index contributed by atoms with van der Waals surface area (Å²) in [6.07, 6.45) is 4.07. The number of carboxylic acid groups (broad SMARTS) is 1. The maximum absolute atomic E-state index is 12.1. The van der Waals surface area contributed by atoms with Crippen LogP contribution in [-0.2, 0) is 4.79 Å². The standard InChI is InChI=1S/C13H22N2O4/c16-8-9-5-6-15(7-9)13(19)14-11-4-2-1-3-10(11)12(17)18/h9-11,16H,1-8H2,(H,14,19)(H,17,18). The van der Waals surface area contributed by atoms with Crippen LogP contribution in [0.1, 0.15) is 32.1 Å². The summed E-state index contributed by atoms with van der Waals surface area (Å²) in [6.45, 7) is 1.30. The van der Waals surface area contributed by atoms with Crippen LogP contribution in [0.5, 0.6) is 0 Å². The van der Waals surface area contributed by atoms with Gasteiger partial charge in [0.2, 0.25) is 0 Å². The number of hydrogen-bond donors (Lipinski definition) is 3. The van der Waals surface area contributed by atoms with Crippen molar-refractivity contribution < 1.29 is 19.8 Å². The van der Waals surface area contributed by atoms with Gasteiger partial charge in [-0.25, -0.2) is 4.79 Å². The molecule has 1 heterocycles. The molecule has 3 unspecified atom stereocenters. The first kappa shape index (κ1) is 14.1. The average Bonchev–Trinajstić information content (AvgIpc) is 2.88. The summed E-state index contributed by atoms with van der Waals surface area (Å²) in [5, 5.41) is 21.1. The van der Waals surface area contributed by atoms with Crippen LogP contribution in [0.4, 0.5) is 4.79 Å². The topological polar surface area (TPSA) is 89.9 Å². The third kappa shape index (κ3) is 3.37. The Balaban J connectivity index is 1.88. The van der Waals surface area contributed by atoms with E-state index in [9.17, 15) is 9.59 Å². The van der Waals surface area contributed by atoms with Crippen molar-refractivity contribution in [2.24, 2.45) is 11.8 Å². The molecule has 0 bridgehead atoms. The summed E-state index contributed by atoms with van der Waals surface area (Å²) in [6, 6.07) is -0.443. The Bertz CT molecular complexity index is 348. The van der Waals surface area contributed by atoms with Gasteiger partial charge in [-0.15, -0.1) is 0 Å². The van der Waals surface area contributed by atoms with Crippen LogP contribution in [0, 0.1) is 11.8 Å². The Morgan fingerprint density at radius 2 is 1.95 bits per heavy atom. The minimum atomic E-state index is -0.820. The number of aliphatic hydroxyl groups is 1. The van der Waals surface area contributed by atoms with Gasteiger partial charge >= 0.3 is 12.0 Å². The Labute approximate surface area is 112 Å². The predicted octanol–water partition coefficient (Wildman–Crippen LogP) is 0.654. The molecule has 6 nitrogen and oxygen atoms in total. The van der Waals surface area contributed by atoms with Gasteiger partial charge in [-0.05, 0) is 19.3 Å². The number of urea groups is 1. The SMILES string of the molecule is O=C(O)C1CCCCC1NC(=O)N1CCC(CO)C1. The second-order valence-corrected chi connectivity index (χ2v) is 5.57. The molecule has 0 aromatic rings. The molecule has 6 heteroatoms. The van der Waals surface area contributed by atoms with Gasteiger partial charge in [-0.1, -0.05) is 12.8 Å². The van der Waals surface area contributed by atoms with Crippen molar-refractivity contribution in [3.05, 3.63) is 0 Å². The summed E-state index contributed by atoms with van der Waals surface area (Å²) >= 11 is 0. The molecule has 1 aliphatic carbocycles. The quantitative estimate of drug-likeness (QED) is 0.702. The molecule has 2 fully saturated rings. The lowest BCUT2D eigenvalue weighted by Gasteiger charge is -2.31. The fourth-order valence-electron chi connectivity index (χ4n) is 3.02. The molecule has 108 valence electrons. The summed E-state index contributed by atoms with van der Waals surface area (Å²) < 4.78 is 0. The highest BCUT2D eigenvalue weighted by Crippen LogP contribution is 2.25. The summed E-state index contributed by atoms with van der Waals surface area (Å²) in [7, 11) is 0. The van der Waals surface area contributed by atoms with Crippen LogP contribution < -0.4 is 5.32 Å². The number of carbonyl (C=O) groups is 2. The highest BCUT2D eigenvalue weighted by molar-refractivity contribution is 5.77. The number of amides is 2. The molecule has 2 rings (SSSR count). The monoisotopic (exact) mass is 270 g/mol. The number of nitrogens with one attached hydrogen (secondary N) is 1. The zero-order valence-corrected chi connectivity index (χ0v) is 11.0. The molecule has 0 aromatic heterocycles. The molecule has 1 aliphatic heterocycles. The largest absolute Gasteiger partial charge is 0.481 e. The molecule has 3 atom stereocenters. The molecule has 19 heavy (non-hydrogen) atoms. The average molecular weight is 270 g/mol. The van der Waals surface area contributed by atoms with Crippen molar-refractivity contribution in [2.45, 2.75) is 38.1 Å². The first-order valence-corrected chi connectivity index (χ1v) is 7.01. The van der Waals surface area contributed by atoms with Crippen LogP contribution in [0.25, 0.3) is 0 Å². The Kier molecular flexibility index (Phi) is 4.63. The molecule has 0 radical (unpaired) electrons. The first-order chi connectivity index (χ1) is 9.11. The van der Waals surface area contributed by atoms with Gasteiger partial charge in [-0.2, -0.15) is 0 Å². The molecule has 3 N–H and O–H groups in total. The molecule has 1 saturated carbocycles. The smallest absolute Gasteiger partial charge is 0.317 e. The van der Waals surface area contributed by atoms with Crippen LogP contribution in [0.2, 0.25) is 0 Å². The second kappa shape index (κ2) is 6.23. The normalized spacial score (nSPS) is 31.2. The number of carboxylic acids is 1. The van der Waals surface area contributed by atoms with E-state index < -0.39 is 11.9 Å². The first-order valence-electron chi connectivity index (χ1n) is 7.01. The van der Waals surface area contributed by atoms with E-state index in [1.165, 1.54) is 0 Å². The van der Waals surface area contributed by atoms with Crippen molar-refractivity contribution in [2.75, 3.05) is 19.7 Å². The zero-order chi connectivity index (χ0) is 13.8. The number of nitrogens with zero attached hydrogens (tertiary/aromatic N) is 1. The van der Waals surface area contributed by atoms with E-state index in [1.807, 2.05) is 0 Å². The second-order valence-electron chi connectivity index (χ2n) is 5.57. The van der Waals surface area contributed by atoms with Gasteiger partial charge in [-0.3, -0.25) is 4.79 Å². The molecule has 0 spiro atoms. The molecule has 2 amide bonds. The number of aliphatic carboxylic acids is 1.